The highest BCUT2D eigenvalue weighted by atomic mass is 32.1. The van der Waals surface area contributed by atoms with Crippen LogP contribution in [0.1, 0.15) is 31.2 Å². The van der Waals surface area contributed by atoms with Gasteiger partial charge < -0.3 is 10.6 Å². The van der Waals surface area contributed by atoms with Gasteiger partial charge in [-0.05, 0) is 61.1 Å². The van der Waals surface area contributed by atoms with E-state index in [4.69, 9.17) is 24.4 Å². The van der Waals surface area contributed by atoms with Gasteiger partial charge in [-0.2, -0.15) is 0 Å². The minimum absolute atomic E-state index is 0.534. The van der Waals surface area contributed by atoms with E-state index in [1.165, 1.54) is 31.2 Å². The van der Waals surface area contributed by atoms with Crippen molar-refractivity contribution < 1.29 is 0 Å². The summed E-state index contributed by atoms with van der Waals surface area (Å²) in [7, 11) is 0. The first-order valence-electron chi connectivity index (χ1n) is 7.85. The lowest BCUT2D eigenvalue weighted by Gasteiger charge is -2.24. The number of benzene rings is 1. The molecular formula is C16H22N4S2. The fourth-order valence-corrected chi connectivity index (χ4v) is 3.89. The maximum Gasteiger partial charge on any atom is 0.185 e. The number of hydrogen-bond donors (Lipinski definition) is 4. The molecular weight excluding hydrogens is 312 g/mol. The lowest BCUT2D eigenvalue weighted by molar-refractivity contribution is 0.389. The molecule has 3 rings (SSSR count). The molecule has 1 aromatic carbocycles. The number of fused-ring (bicyclic) bond motifs is 2. The zero-order valence-corrected chi connectivity index (χ0v) is 14.1. The minimum Gasteiger partial charge on any atom is -0.358 e. The highest BCUT2D eigenvalue weighted by Crippen LogP contribution is 2.44. The van der Waals surface area contributed by atoms with Gasteiger partial charge >= 0.3 is 0 Å². The summed E-state index contributed by atoms with van der Waals surface area (Å²) < 4.78 is 0. The van der Waals surface area contributed by atoms with Crippen LogP contribution in [0.5, 0.6) is 0 Å². The van der Waals surface area contributed by atoms with Crippen LogP contribution in [0.25, 0.3) is 0 Å². The molecule has 0 heterocycles. The first kappa shape index (κ1) is 15.5. The zero-order valence-electron chi connectivity index (χ0n) is 12.5. The number of hydrazine groups is 1. The normalized spacial score (nSPS) is 25.5. The summed E-state index contributed by atoms with van der Waals surface area (Å²) >= 11 is 10.6. The average Bonchev–Trinajstić information content (AvgIpc) is 3.14. The molecule has 0 saturated heterocycles. The molecule has 118 valence electrons. The second-order valence-electron chi connectivity index (χ2n) is 6.17. The SMILES string of the molecule is S=C(NCc1ccccc1)NNC(=S)N[C@H]1C[C@@H]2CC[C@H]1C2. The van der Waals surface area contributed by atoms with Crippen molar-refractivity contribution in [2.24, 2.45) is 11.8 Å². The van der Waals surface area contributed by atoms with Gasteiger partial charge in [-0.1, -0.05) is 36.8 Å². The Morgan fingerprint density at radius 2 is 1.77 bits per heavy atom. The van der Waals surface area contributed by atoms with Crippen LogP contribution in [0.15, 0.2) is 30.3 Å². The van der Waals surface area contributed by atoms with Crippen LogP contribution in [0, 0.1) is 11.8 Å². The average molecular weight is 335 g/mol. The van der Waals surface area contributed by atoms with E-state index in [9.17, 15) is 0 Å². The molecule has 4 nitrogen and oxygen atoms in total. The monoisotopic (exact) mass is 334 g/mol. The van der Waals surface area contributed by atoms with Crippen molar-refractivity contribution in [2.45, 2.75) is 38.3 Å². The van der Waals surface area contributed by atoms with E-state index in [0.29, 0.717) is 22.8 Å². The van der Waals surface area contributed by atoms with E-state index < -0.39 is 0 Å². The number of thiocarbonyl (C=S) groups is 2. The molecule has 1 aromatic rings. The number of rotatable bonds is 3. The second-order valence-corrected chi connectivity index (χ2v) is 6.99. The Morgan fingerprint density at radius 3 is 2.45 bits per heavy atom. The van der Waals surface area contributed by atoms with Gasteiger partial charge in [0.05, 0.1) is 0 Å². The third kappa shape index (κ3) is 4.08. The van der Waals surface area contributed by atoms with Crippen LogP contribution in [0.2, 0.25) is 0 Å². The van der Waals surface area contributed by atoms with Crippen LogP contribution < -0.4 is 21.5 Å². The van der Waals surface area contributed by atoms with Gasteiger partial charge in [-0.3, -0.25) is 10.9 Å². The van der Waals surface area contributed by atoms with Gasteiger partial charge in [-0.15, -0.1) is 0 Å². The Bertz CT molecular complexity index is 534. The topological polar surface area (TPSA) is 48.1 Å². The molecule has 2 bridgehead atoms. The summed E-state index contributed by atoms with van der Waals surface area (Å²) in [4.78, 5) is 0. The van der Waals surface area contributed by atoms with E-state index in [1.54, 1.807) is 0 Å². The molecule has 0 aliphatic heterocycles. The van der Waals surface area contributed by atoms with Crippen LogP contribution in [-0.4, -0.2) is 16.3 Å². The highest BCUT2D eigenvalue weighted by molar-refractivity contribution is 7.80. The molecule has 0 radical (unpaired) electrons. The maximum atomic E-state index is 5.33. The zero-order chi connectivity index (χ0) is 15.4. The Kier molecular flexibility index (Phi) is 5.10. The first-order valence-corrected chi connectivity index (χ1v) is 8.66. The van der Waals surface area contributed by atoms with E-state index in [-0.39, 0.29) is 0 Å². The third-order valence-electron chi connectivity index (χ3n) is 4.64. The summed E-state index contributed by atoms with van der Waals surface area (Å²) in [5.41, 5.74) is 7.10. The van der Waals surface area contributed by atoms with Crippen molar-refractivity contribution in [3.05, 3.63) is 35.9 Å². The molecule has 2 fully saturated rings. The fraction of sp³-hybridized carbons (Fsp3) is 0.500. The van der Waals surface area contributed by atoms with E-state index >= 15 is 0 Å². The molecule has 4 N–H and O–H groups in total. The van der Waals surface area contributed by atoms with Crippen molar-refractivity contribution >= 4 is 34.7 Å². The summed E-state index contributed by atoms with van der Waals surface area (Å²) in [5.74, 6) is 1.71. The second kappa shape index (κ2) is 7.24. The van der Waals surface area contributed by atoms with Crippen LogP contribution in [0.4, 0.5) is 0 Å². The Hall–Kier alpha value is -1.40. The van der Waals surface area contributed by atoms with Gasteiger partial charge in [0, 0.05) is 12.6 Å². The molecule has 2 aliphatic carbocycles. The summed E-state index contributed by atoms with van der Waals surface area (Å²) in [6.07, 6.45) is 5.36. The standard InChI is InChI=1S/C16H22N4S2/c21-15(17-10-11-4-2-1-3-5-11)19-20-16(22)18-14-9-12-6-7-13(14)8-12/h1-5,12-14H,6-10H2,(H2,17,19,21)(H2,18,20,22)/t12-,13+,14+/m1/s1. The summed E-state index contributed by atoms with van der Waals surface area (Å²) in [6, 6.07) is 10.7. The first-order chi connectivity index (χ1) is 10.7. The van der Waals surface area contributed by atoms with Crippen molar-refractivity contribution in [2.75, 3.05) is 0 Å². The Labute approximate surface area is 142 Å². The fourth-order valence-electron chi connectivity index (χ4n) is 3.56. The van der Waals surface area contributed by atoms with Crippen molar-refractivity contribution in [3.8, 4) is 0 Å². The molecule has 0 amide bonds. The minimum atomic E-state index is 0.534. The van der Waals surface area contributed by atoms with Gasteiger partial charge in [0.1, 0.15) is 0 Å². The van der Waals surface area contributed by atoms with Gasteiger partial charge in [-0.25, -0.2) is 0 Å². The van der Waals surface area contributed by atoms with Gasteiger partial charge in [0.25, 0.3) is 0 Å². The van der Waals surface area contributed by atoms with Crippen molar-refractivity contribution in [3.63, 3.8) is 0 Å². The molecule has 2 saturated carbocycles. The molecule has 2 aliphatic rings. The van der Waals surface area contributed by atoms with Crippen LogP contribution >= 0.6 is 24.4 Å². The van der Waals surface area contributed by atoms with Crippen LogP contribution in [-0.2, 0) is 6.54 Å². The van der Waals surface area contributed by atoms with E-state index in [1.807, 2.05) is 18.2 Å². The molecule has 0 spiro atoms. The van der Waals surface area contributed by atoms with Crippen LogP contribution in [0.3, 0.4) is 0 Å². The third-order valence-corrected chi connectivity index (χ3v) is 5.11. The van der Waals surface area contributed by atoms with Crippen molar-refractivity contribution in [1.29, 1.82) is 0 Å². The Morgan fingerprint density at radius 1 is 1.00 bits per heavy atom. The lowest BCUT2D eigenvalue weighted by atomic mass is 9.96. The quantitative estimate of drug-likeness (QED) is 0.502. The molecule has 0 aromatic heterocycles. The van der Waals surface area contributed by atoms with Gasteiger partial charge in [0.2, 0.25) is 0 Å². The highest BCUT2D eigenvalue weighted by Gasteiger charge is 2.39. The van der Waals surface area contributed by atoms with Gasteiger partial charge in [0.15, 0.2) is 10.2 Å². The predicted octanol–water partition coefficient (Wildman–Crippen LogP) is 2.22. The van der Waals surface area contributed by atoms with Crippen molar-refractivity contribution in [1.82, 2.24) is 21.5 Å². The largest absolute Gasteiger partial charge is 0.358 e. The summed E-state index contributed by atoms with van der Waals surface area (Å²) in [6.45, 7) is 0.695. The molecule has 22 heavy (non-hydrogen) atoms. The number of hydrogen-bond acceptors (Lipinski definition) is 2. The van der Waals surface area contributed by atoms with E-state index in [0.717, 1.165) is 11.8 Å². The molecule has 6 heteroatoms. The molecule has 0 unspecified atom stereocenters. The summed E-state index contributed by atoms with van der Waals surface area (Å²) in [5, 5.41) is 7.72. The Balaban J connectivity index is 1.33. The lowest BCUT2D eigenvalue weighted by Crippen LogP contribution is -2.52. The number of nitrogens with one attached hydrogen (secondary N) is 4. The molecule has 3 atom stereocenters. The predicted molar refractivity (Wildman–Crippen MR) is 97.1 cm³/mol. The smallest absolute Gasteiger partial charge is 0.185 e. The maximum absolute atomic E-state index is 5.33. The van der Waals surface area contributed by atoms with E-state index in [2.05, 4.69) is 33.6 Å².